The van der Waals surface area contributed by atoms with Crippen LogP contribution in [0.5, 0.6) is 0 Å². The third-order valence-corrected chi connectivity index (χ3v) is 5.90. The number of fused-ring (bicyclic) bond motifs is 1. The van der Waals surface area contributed by atoms with Gasteiger partial charge in [-0.3, -0.25) is 4.31 Å². The van der Waals surface area contributed by atoms with E-state index in [9.17, 15) is 12.8 Å². The zero-order chi connectivity index (χ0) is 16.1. The van der Waals surface area contributed by atoms with E-state index in [-0.39, 0.29) is 10.7 Å². The Morgan fingerprint density at radius 2 is 1.86 bits per heavy atom. The minimum Gasteiger partial charge on any atom is -0.265 e. The maximum atomic E-state index is 13.5. The van der Waals surface area contributed by atoms with Crippen LogP contribution in [0.1, 0.15) is 16.7 Å². The topological polar surface area (TPSA) is 37.4 Å². The molecule has 0 fully saturated rings. The van der Waals surface area contributed by atoms with E-state index in [1.54, 1.807) is 26.0 Å². The van der Waals surface area contributed by atoms with Crippen molar-refractivity contribution in [1.82, 2.24) is 0 Å². The van der Waals surface area contributed by atoms with E-state index in [0.29, 0.717) is 35.2 Å². The van der Waals surface area contributed by atoms with Gasteiger partial charge in [0.15, 0.2) is 0 Å². The van der Waals surface area contributed by atoms with Crippen molar-refractivity contribution in [2.75, 3.05) is 10.8 Å². The van der Waals surface area contributed by atoms with Crippen LogP contribution in [-0.2, 0) is 16.4 Å². The molecule has 2 aromatic rings. The summed E-state index contributed by atoms with van der Waals surface area (Å²) in [5, 5.41) is 0. The van der Waals surface area contributed by atoms with Crippen LogP contribution in [0.15, 0.2) is 35.2 Å². The fourth-order valence-corrected chi connectivity index (χ4v) is 4.78. The quantitative estimate of drug-likeness (QED) is 0.795. The number of hydrogen-bond donors (Lipinski definition) is 0. The molecular formula is C16H15BFNO2S. The molecule has 0 aromatic heterocycles. The van der Waals surface area contributed by atoms with Gasteiger partial charge < -0.3 is 0 Å². The second-order valence-electron chi connectivity index (χ2n) is 5.58. The van der Waals surface area contributed by atoms with Gasteiger partial charge in [0.25, 0.3) is 10.0 Å². The van der Waals surface area contributed by atoms with Crippen LogP contribution in [0.2, 0.25) is 0 Å². The minimum absolute atomic E-state index is 0.235. The Hall–Kier alpha value is -1.82. The van der Waals surface area contributed by atoms with E-state index in [0.717, 1.165) is 5.56 Å². The molecule has 0 amide bonds. The van der Waals surface area contributed by atoms with Gasteiger partial charge in [0.2, 0.25) is 0 Å². The monoisotopic (exact) mass is 315 g/mol. The first-order chi connectivity index (χ1) is 10.3. The van der Waals surface area contributed by atoms with Crippen molar-refractivity contribution >= 4 is 29.0 Å². The molecule has 2 aromatic carbocycles. The fourth-order valence-electron chi connectivity index (χ4n) is 3.01. The zero-order valence-corrected chi connectivity index (χ0v) is 13.2. The summed E-state index contributed by atoms with van der Waals surface area (Å²) in [7, 11) is 2.01. The smallest absolute Gasteiger partial charge is 0.264 e. The van der Waals surface area contributed by atoms with Crippen LogP contribution in [0, 0.1) is 19.7 Å². The van der Waals surface area contributed by atoms with Gasteiger partial charge in [-0.25, -0.2) is 12.8 Å². The van der Waals surface area contributed by atoms with Crippen molar-refractivity contribution in [2.45, 2.75) is 25.2 Å². The molecular weight excluding hydrogens is 300 g/mol. The highest BCUT2D eigenvalue weighted by molar-refractivity contribution is 7.93. The third-order valence-electron chi connectivity index (χ3n) is 3.94. The van der Waals surface area contributed by atoms with E-state index in [2.05, 4.69) is 0 Å². The van der Waals surface area contributed by atoms with Crippen LogP contribution in [0.4, 0.5) is 10.1 Å². The van der Waals surface area contributed by atoms with E-state index in [1.807, 2.05) is 0 Å². The molecule has 1 heterocycles. The van der Waals surface area contributed by atoms with Crippen molar-refractivity contribution in [3.8, 4) is 0 Å². The number of aryl methyl sites for hydroxylation is 2. The number of benzene rings is 2. The average molecular weight is 315 g/mol. The standard InChI is InChI=1S/C16H15BFNO2S/c1-10-7-13(17)3-4-15(10)22(20,21)19-6-5-12-9-14(18)8-11(2)16(12)19/h3-4,7-9H,5-6H2,1-2H3. The summed E-state index contributed by atoms with van der Waals surface area (Å²) in [6.07, 6.45) is 0.515. The number of hydrogen-bond acceptors (Lipinski definition) is 2. The Bertz CT molecular complexity index is 865. The summed E-state index contributed by atoms with van der Waals surface area (Å²) in [6.45, 7) is 3.77. The number of halogens is 1. The summed E-state index contributed by atoms with van der Waals surface area (Å²) in [6, 6.07) is 7.52. The van der Waals surface area contributed by atoms with Crippen LogP contribution in [0.3, 0.4) is 0 Å². The van der Waals surface area contributed by atoms with E-state index >= 15 is 0 Å². The predicted molar refractivity (Wildman–Crippen MR) is 85.9 cm³/mol. The molecule has 0 saturated heterocycles. The molecule has 1 aliphatic heterocycles. The van der Waals surface area contributed by atoms with Crippen LogP contribution in [0.25, 0.3) is 0 Å². The number of sulfonamides is 1. The van der Waals surface area contributed by atoms with Gasteiger partial charge in [-0.15, -0.1) is 0 Å². The molecule has 112 valence electrons. The Morgan fingerprint density at radius 3 is 2.55 bits per heavy atom. The van der Waals surface area contributed by atoms with E-state index in [1.165, 1.54) is 22.5 Å². The number of anilines is 1. The molecule has 0 atom stereocenters. The van der Waals surface area contributed by atoms with Gasteiger partial charge in [0, 0.05) is 6.54 Å². The van der Waals surface area contributed by atoms with Gasteiger partial charge in [0.1, 0.15) is 13.7 Å². The van der Waals surface area contributed by atoms with Crippen LogP contribution in [-0.4, -0.2) is 22.8 Å². The van der Waals surface area contributed by atoms with Gasteiger partial charge in [-0.05, 0) is 55.2 Å². The first-order valence-electron chi connectivity index (χ1n) is 6.98. The van der Waals surface area contributed by atoms with Gasteiger partial charge in [-0.1, -0.05) is 17.6 Å². The zero-order valence-electron chi connectivity index (χ0n) is 12.4. The van der Waals surface area contributed by atoms with Gasteiger partial charge >= 0.3 is 0 Å². The molecule has 0 bridgehead atoms. The van der Waals surface area contributed by atoms with Crippen LogP contribution < -0.4 is 9.77 Å². The summed E-state index contributed by atoms with van der Waals surface area (Å²) < 4.78 is 40.8. The van der Waals surface area contributed by atoms with Crippen molar-refractivity contribution in [3.05, 3.63) is 52.8 Å². The van der Waals surface area contributed by atoms with E-state index in [4.69, 9.17) is 7.85 Å². The predicted octanol–water partition coefficient (Wildman–Crippen LogP) is 1.99. The molecule has 3 rings (SSSR count). The molecule has 2 radical (unpaired) electrons. The number of nitrogens with zero attached hydrogens (tertiary/aromatic N) is 1. The van der Waals surface area contributed by atoms with Crippen molar-refractivity contribution in [3.63, 3.8) is 0 Å². The molecule has 1 aliphatic rings. The first-order valence-corrected chi connectivity index (χ1v) is 8.42. The summed E-state index contributed by atoms with van der Waals surface area (Å²) in [4.78, 5) is 0.235. The molecule has 3 nitrogen and oxygen atoms in total. The minimum atomic E-state index is -3.68. The van der Waals surface area contributed by atoms with E-state index < -0.39 is 10.0 Å². The largest absolute Gasteiger partial charge is 0.265 e. The highest BCUT2D eigenvalue weighted by Crippen LogP contribution is 2.36. The summed E-state index contributed by atoms with van der Waals surface area (Å²) in [5.41, 5.74) is 3.08. The highest BCUT2D eigenvalue weighted by Gasteiger charge is 2.33. The molecule has 0 saturated carbocycles. The molecule has 0 unspecified atom stereocenters. The van der Waals surface area contributed by atoms with Crippen molar-refractivity contribution < 1.29 is 12.8 Å². The fraction of sp³-hybridized carbons (Fsp3) is 0.250. The maximum Gasteiger partial charge on any atom is 0.264 e. The summed E-state index contributed by atoms with van der Waals surface area (Å²) >= 11 is 0. The van der Waals surface area contributed by atoms with Gasteiger partial charge in [-0.2, -0.15) is 0 Å². The van der Waals surface area contributed by atoms with Crippen molar-refractivity contribution in [1.29, 1.82) is 0 Å². The highest BCUT2D eigenvalue weighted by atomic mass is 32.2. The molecule has 0 N–H and O–H groups in total. The van der Waals surface area contributed by atoms with Gasteiger partial charge in [0.05, 0.1) is 10.6 Å². The Morgan fingerprint density at radius 1 is 1.14 bits per heavy atom. The lowest BCUT2D eigenvalue weighted by atomic mass is 9.95. The van der Waals surface area contributed by atoms with Crippen molar-refractivity contribution in [2.24, 2.45) is 0 Å². The first kappa shape index (κ1) is 15.1. The lowest BCUT2D eigenvalue weighted by Gasteiger charge is -2.22. The average Bonchev–Trinajstić information content (AvgIpc) is 2.82. The Balaban J connectivity index is 2.14. The Kier molecular flexibility index (Phi) is 3.52. The van der Waals surface area contributed by atoms with Crippen LogP contribution >= 0.6 is 0 Å². The molecule has 22 heavy (non-hydrogen) atoms. The number of rotatable bonds is 2. The maximum absolute atomic E-state index is 13.5. The molecule has 6 heteroatoms. The lowest BCUT2D eigenvalue weighted by molar-refractivity contribution is 0.591. The second-order valence-corrected chi connectivity index (χ2v) is 7.41. The third kappa shape index (κ3) is 2.31. The summed E-state index contributed by atoms with van der Waals surface area (Å²) in [5.74, 6) is -0.334. The molecule has 0 aliphatic carbocycles. The normalized spacial score (nSPS) is 14.2. The Labute approximate surface area is 131 Å². The molecule has 0 spiro atoms. The second kappa shape index (κ2) is 5.12. The SMILES string of the molecule is [B]c1ccc(S(=O)(=O)N2CCc3cc(F)cc(C)c32)c(C)c1. The lowest BCUT2D eigenvalue weighted by Crippen LogP contribution is -2.30.